The molecule has 0 aliphatic carbocycles. The number of benzene rings is 1. The smallest absolute Gasteiger partial charge is 0.219 e. The van der Waals surface area contributed by atoms with Crippen molar-refractivity contribution >= 4 is 23.6 Å². The van der Waals surface area contributed by atoms with Gasteiger partial charge in [0.05, 0.1) is 5.02 Å². The van der Waals surface area contributed by atoms with Crippen LogP contribution in [0.4, 0.5) is 0 Å². The highest BCUT2D eigenvalue weighted by Crippen LogP contribution is 2.31. The average Bonchev–Trinajstić information content (AvgIpc) is 2.61. The van der Waals surface area contributed by atoms with Crippen LogP contribution in [0.15, 0.2) is 42.6 Å². The number of hydrogen-bond acceptors (Lipinski definition) is 5. The summed E-state index contributed by atoms with van der Waals surface area (Å²) in [6.07, 6.45) is 5.39. The highest BCUT2D eigenvalue weighted by atomic mass is 35.5. The second-order valence-corrected chi connectivity index (χ2v) is 5.83. The maximum Gasteiger partial charge on any atom is 0.219 e. The van der Waals surface area contributed by atoms with Crippen LogP contribution in [-0.2, 0) is 4.79 Å². The summed E-state index contributed by atoms with van der Waals surface area (Å²) in [5.74, 6) is 1.24. The van der Waals surface area contributed by atoms with E-state index in [9.17, 15) is 4.79 Å². The molecule has 1 aromatic heterocycles. The molecule has 0 fully saturated rings. The quantitative estimate of drug-likeness (QED) is 0.796. The predicted molar refractivity (Wildman–Crippen MR) is 99.2 cm³/mol. The summed E-state index contributed by atoms with van der Waals surface area (Å²) >= 11 is 6.15. The van der Waals surface area contributed by atoms with Gasteiger partial charge in [-0.2, -0.15) is 5.26 Å². The largest absolute Gasteiger partial charge is 0.479 e. The van der Waals surface area contributed by atoms with Crippen molar-refractivity contribution in [2.75, 3.05) is 6.61 Å². The Morgan fingerprint density at radius 1 is 1.42 bits per heavy atom. The van der Waals surface area contributed by atoms with Gasteiger partial charge in [-0.25, -0.2) is 4.98 Å². The van der Waals surface area contributed by atoms with Crippen molar-refractivity contribution in [3.63, 3.8) is 0 Å². The average molecular weight is 372 g/mol. The first-order valence-electron chi connectivity index (χ1n) is 7.86. The number of halogens is 1. The van der Waals surface area contributed by atoms with Crippen LogP contribution in [0.3, 0.4) is 0 Å². The summed E-state index contributed by atoms with van der Waals surface area (Å²) in [6.45, 7) is 3.31. The van der Waals surface area contributed by atoms with E-state index in [2.05, 4.69) is 10.3 Å². The monoisotopic (exact) mass is 371 g/mol. The van der Waals surface area contributed by atoms with E-state index in [1.54, 1.807) is 30.5 Å². The normalized spacial score (nSPS) is 11.6. The number of aromatic nitrogens is 1. The standard InChI is InChI=1S/C19H18ClN3O3/c1-13(23-14(2)24)3-4-15-5-8-19(22-12-15)26-18-7-6-16(11-17(18)20)25-10-9-21/h3-8,11-13H,10H2,1-2H3,(H,23,24)/t13-/m0/s1. The molecule has 1 amide bonds. The van der Waals surface area contributed by atoms with Gasteiger partial charge in [0.25, 0.3) is 0 Å². The zero-order chi connectivity index (χ0) is 18.9. The van der Waals surface area contributed by atoms with Gasteiger partial charge >= 0.3 is 0 Å². The van der Waals surface area contributed by atoms with E-state index in [0.29, 0.717) is 22.4 Å². The van der Waals surface area contributed by atoms with Gasteiger partial charge in [0.15, 0.2) is 6.61 Å². The Kier molecular flexibility index (Phi) is 7.01. The van der Waals surface area contributed by atoms with Crippen molar-refractivity contribution in [3.8, 4) is 23.4 Å². The Hall–Kier alpha value is -3.04. The van der Waals surface area contributed by atoms with Crippen LogP contribution in [0.1, 0.15) is 19.4 Å². The predicted octanol–water partition coefficient (Wildman–Crippen LogP) is 3.97. The van der Waals surface area contributed by atoms with E-state index in [1.807, 2.05) is 31.2 Å². The summed E-state index contributed by atoms with van der Waals surface area (Å²) in [5.41, 5.74) is 0.876. The number of carbonyl (C=O) groups is 1. The fourth-order valence-corrected chi connectivity index (χ4v) is 2.27. The Morgan fingerprint density at radius 2 is 2.23 bits per heavy atom. The molecule has 0 spiro atoms. The second kappa shape index (κ2) is 9.44. The maximum absolute atomic E-state index is 11.0. The first-order chi connectivity index (χ1) is 12.5. The Bertz CT molecular complexity index is 829. The molecule has 0 radical (unpaired) electrons. The number of amides is 1. The summed E-state index contributed by atoms with van der Waals surface area (Å²) in [7, 11) is 0. The second-order valence-electron chi connectivity index (χ2n) is 5.42. The van der Waals surface area contributed by atoms with Crippen molar-refractivity contribution in [2.24, 2.45) is 0 Å². The molecule has 2 aromatic rings. The van der Waals surface area contributed by atoms with Gasteiger partial charge in [0.2, 0.25) is 11.8 Å². The van der Waals surface area contributed by atoms with Gasteiger partial charge in [-0.05, 0) is 30.7 Å². The minimum atomic E-state index is -0.0788. The number of carbonyl (C=O) groups excluding carboxylic acids is 1. The minimum Gasteiger partial charge on any atom is -0.479 e. The number of nitriles is 1. The van der Waals surface area contributed by atoms with E-state index in [4.69, 9.17) is 26.3 Å². The molecule has 0 unspecified atom stereocenters. The fraction of sp³-hybridized carbons (Fsp3) is 0.211. The number of hydrogen-bond donors (Lipinski definition) is 1. The lowest BCUT2D eigenvalue weighted by Crippen LogP contribution is -2.28. The van der Waals surface area contributed by atoms with Gasteiger partial charge in [-0.1, -0.05) is 23.8 Å². The van der Waals surface area contributed by atoms with E-state index < -0.39 is 0 Å². The van der Waals surface area contributed by atoms with Crippen LogP contribution in [-0.4, -0.2) is 23.5 Å². The molecule has 134 valence electrons. The molecule has 0 saturated heterocycles. The van der Waals surface area contributed by atoms with Crippen LogP contribution in [0, 0.1) is 11.3 Å². The lowest BCUT2D eigenvalue weighted by Gasteiger charge is -2.09. The third-order valence-electron chi connectivity index (χ3n) is 3.19. The molecule has 26 heavy (non-hydrogen) atoms. The maximum atomic E-state index is 11.0. The highest BCUT2D eigenvalue weighted by molar-refractivity contribution is 6.32. The Morgan fingerprint density at radius 3 is 2.85 bits per heavy atom. The zero-order valence-corrected chi connectivity index (χ0v) is 15.2. The summed E-state index contributed by atoms with van der Waals surface area (Å²) < 4.78 is 10.8. The van der Waals surface area contributed by atoms with Crippen molar-refractivity contribution in [1.29, 1.82) is 5.26 Å². The van der Waals surface area contributed by atoms with Crippen molar-refractivity contribution in [2.45, 2.75) is 19.9 Å². The van der Waals surface area contributed by atoms with Crippen molar-refractivity contribution in [3.05, 3.63) is 53.2 Å². The van der Waals surface area contributed by atoms with Crippen molar-refractivity contribution < 1.29 is 14.3 Å². The Balaban J connectivity index is 2.00. The number of nitrogens with zero attached hydrogens (tertiary/aromatic N) is 2. The summed E-state index contributed by atoms with van der Waals surface area (Å²) in [6, 6.07) is 10.3. The fourth-order valence-electron chi connectivity index (χ4n) is 2.06. The molecule has 0 aliphatic heterocycles. The van der Waals surface area contributed by atoms with E-state index in [0.717, 1.165) is 5.56 Å². The van der Waals surface area contributed by atoms with Gasteiger partial charge < -0.3 is 14.8 Å². The van der Waals surface area contributed by atoms with Gasteiger partial charge in [0, 0.05) is 31.3 Å². The number of nitrogens with one attached hydrogen (secondary N) is 1. The highest BCUT2D eigenvalue weighted by Gasteiger charge is 2.06. The summed E-state index contributed by atoms with van der Waals surface area (Å²) in [5, 5.41) is 11.6. The molecular formula is C19H18ClN3O3. The molecule has 6 nitrogen and oxygen atoms in total. The van der Waals surface area contributed by atoms with Crippen LogP contribution < -0.4 is 14.8 Å². The molecule has 1 N–H and O–H groups in total. The van der Waals surface area contributed by atoms with Crippen LogP contribution in [0.2, 0.25) is 5.02 Å². The Labute approximate surface area is 157 Å². The number of ether oxygens (including phenoxy) is 2. The van der Waals surface area contributed by atoms with E-state index in [-0.39, 0.29) is 18.6 Å². The molecule has 0 aliphatic rings. The van der Waals surface area contributed by atoms with Gasteiger partial charge in [0.1, 0.15) is 17.6 Å². The lowest BCUT2D eigenvalue weighted by molar-refractivity contribution is -0.119. The molecule has 0 bridgehead atoms. The number of rotatable bonds is 7. The molecule has 1 heterocycles. The van der Waals surface area contributed by atoms with E-state index in [1.165, 1.54) is 6.92 Å². The van der Waals surface area contributed by atoms with Gasteiger partial charge in [-0.3, -0.25) is 4.79 Å². The third-order valence-corrected chi connectivity index (χ3v) is 3.48. The molecule has 7 heteroatoms. The van der Waals surface area contributed by atoms with Crippen molar-refractivity contribution in [1.82, 2.24) is 10.3 Å². The van der Waals surface area contributed by atoms with Gasteiger partial charge in [-0.15, -0.1) is 0 Å². The third kappa shape index (κ3) is 6.11. The topological polar surface area (TPSA) is 84.2 Å². The number of pyridine rings is 1. The lowest BCUT2D eigenvalue weighted by atomic mass is 10.2. The molecule has 1 aromatic carbocycles. The van der Waals surface area contributed by atoms with Crippen LogP contribution in [0.25, 0.3) is 6.08 Å². The molecule has 1 atom stereocenters. The van der Waals surface area contributed by atoms with E-state index >= 15 is 0 Å². The van der Waals surface area contributed by atoms with Crippen LogP contribution in [0.5, 0.6) is 17.4 Å². The minimum absolute atomic E-state index is 0.0480. The molecule has 2 rings (SSSR count). The summed E-state index contributed by atoms with van der Waals surface area (Å²) in [4.78, 5) is 15.2. The molecule has 0 saturated carbocycles. The SMILES string of the molecule is CC(=O)N[C@@H](C)C=Cc1ccc(Oc2ccc(OCC#N)cc2Cl)nc1. The first kappa shape index (κ1) is 19.3. The van der Waals surface area contributed by atoms with Crippen LogP contribution >= 0.6 is 11.6 Å². The molecular weight excluding hydrogens is 354 g/mol. The zero-order valence-electron chi connectivity index (χ0n) is 14.4. The first-order valence-corrected chi connectivity index (χ1v) is 8.24.